The second-order valence-electron chi connectivity index (χ2n) is 0.175. The molecule has 74 valence electrons. The molecule has 0 amide bonds. The van der Waals surface area contributed by atoms with Gasteiger partial charge in [-0.1, -0.05) is 28.8 Å². The van der Waals surface area contributed by atoms with Crippen LogP contribution in [0.3, 0.4) is 0 Å². The zero-order valence-corrected chi connectivity index (χ0v) is 9.45. The Morgan fingerprint density at radius 1 is 1.08 bits per heavy atom. The van der Waals surface area contributed by atoms with Crippen molar-refractivity contribution in [3.8, 4) is 0 Å². The Bertz CT molecular complexity index is 72.5. The van der Waals surface area contributed by atoms with Crippen molar-refractivity contribution in [2.45, 2.75) is 22.3 Å². The summed E-state index contributed by atoms with van der Waals surface area (Å²) in [6.07, 6.45) is 0.250. The Morgan fingerprint density at radius 3 is 1.08 bits per heavy atom. The number of hydrogen-bond acceptors (Lipinski definition) is 4. The minimum Gasteiger partial charge on any atom is -0.870 e. The summed E-state index contributed by atoms with van der Waals surface area (Å²) >= 11 is 0. The van der Waals surface area contributed by atoms with Crippen molar-refractivity contribution in [3.05, 3.63) is 0 Å². The second-order valence-corrected chi connectivity index (χ2v) is 0.175. The van der Waals surface area contributed by atoms with E-state index in [0.717, 1.165) is 0 Å². The minimum absolute atomic E-state index is 0. The molecule has 4 N–H and O–H groups in total. The van der Waals surface area contributed by atoms with E-state index in [0.29, 0.717) is 6.47 Å². The summed E-state index contributed by atoms with van der Waals surface area (Å²) < 4.78 is 0. The first-order valence-electron chi connectivity index (χ1n) is 0.836. The molecule has 0 saturated carbocycles. The first-order valence-corrected chi connectivity index (χ1v) is 0.836. The van der Waals surface area contributed by atoms with Gasteiger partial charge in [0.2, 0.25) is 0 Å². The quantitative estimate of drug-likeness (QED) is 0.455. The van der Waals surface area contributed by atoms with E-state index >= 15 is 0 Å². The first-order chi connectivity index (χ1) is 2.83. The van der Waals surface area contributed by atoms with Crippen molar-refractivity contribution in [2.75, 3.05) is 0 Å². The average Bonchev–Trinajstić information content (AvgIpc) is 1.39. The Hall–Kier alpha value is 1.29. The van der Waals surface area contributed by atoms with Crippen molar-refractivity contribution in [3.63, 3.8) is 0 Å². The third-order valence-corrected chi connectivity index (χ3v) is 0. The summed E-state index contributed by atoms with van der Waals surface area (Å²) in [5.74, 6) is 0. The van der Waals surface area contributed by atoms with Gasteiger partial charge < -0.3 is 20.9 Å². The molecule has 0 aliphatic heterocycles. The van der Waals surface area contributed by atoms with Crippen LogP contribution in [0.25, 0.3) is 0 Å². The molecule has 0 aromatic carbocycles. The molecule has 6 nitrogen and oxygen atoms in total. The fourth-order valence-electron chi connectivity index (χ4n) is 0. The molecule has 13 heavy (non-hydrogen) atoms. The summed E-state index contributed by atoms with van der Waals surface area (Å²) in [7, 11) is 0. The van der Waals surface area contributed by atoms with Crippen LogP contribution in [0.2, 0.25) is 0 Å². The maximum Gasteiger partial charge on any atom is 2.00 e. The van der Waals surface area contributed by atoms with Gasteiger partial charge in [-0.3, -0.25) is 0 Å². The summed E-state index contributed by atoms with van der Waals surface area (Å²) in [6.45, 7) is 0.500. The fraction of sp³-hybridized carbons (Fsp3) is 0.600. The minimum atomic E-state index is 0. The molecule has 0 radical (unpaired) electrons. The summed E-state index contributed by atoms with van der Waals surface area (Å²) in [5, 5.41) is 6.76. The Kier molecular flexibility index (Phi) is 1290. The van der Waals surface area contributed by atoms with Gasteiger partial charge in [-0.2, -0.15) is 9.59 Å². The number of aliphatic hydroxyl groups excluding tert-OH is 1. The number of carbonyl (C=O) groups excluding carboxylic acids is 2. The first kappa shape index (κ1) is 90.2. The Labute approximate surface area is 142 Å². The van der Waals surface area contributed by atoms with E-state index in [9.17, 15) is 0 Å². The fourth-order valence-corrected chi connectivity index (χ4v) is 0. The third-order valence-electron chi connectivity index (χ3n) is 0. The molecule has 0 fully saturated rings. The van der Waals surface area contributed by atoms with Gasteiger partial charge in [-0.25, -0.2) is 0 Å². The van der Waals surface area contributed by atoms with E-state index < -0.39 is 0 Å². The van der Waals surface area contributed by atoms with Crippen LogP contribution >= 0.6 is 0 Å². The SMILES string of the molecule is C.C.C.O.O=C=O.O=[C-]O.[Ca+2].[Ca+2].[H+].[H+].[OH-]. The van der Waals surface area contributed by atoms with E-state index in [1.165, 1.54) is 0 Å². The van der Waals surface area contributed by atoms with Crippen LogP contribution in [0.1, 0.15) is 25.1 Å². The van der Waals surface area contributed by atoms with E-state index in [1.54, 1.807) is 0 Å². The van der Waals surface area contributed by atoms with Crippen molar-refractivity contribution in [1.29, 1.82) is 0 Å². The molecule has 0 aliphatic carbocycles. The molecule has 0 aliphatic rings. The van der Waals surface area contributed by atoms with Crippen LogP contribution < -0.4 is 0 Å². The zero-order chi connectivity index (χ0) is 5.41. The number of hydrogen-bond donors (Lipinski definition) is 1. The molecule has 0 aromatic rings. The van der Waals surface area contributed by atoms with E-state index in [2.05, 4.69) is 0 Å². The maximum atomic E-state index is 8.24. The van der Waals surface area contributed by atoms with Gasteiger partial charge in [-0.15, -0.1) is 0 Å². The smallest absolute Gasteiger partial charge is 0.870 e. The van der Waals surface area contributed by atoms with Crippen LogP contribution in [0.5, 0.6) is 0 Å². The van der Waals surface area contributed by atoms with Crippen molar-refractivity contribution < 1.29 is 33.3 Å². The summed E-state index contributed by atoms with van der Waals surface area (Å²) in [6, 6.07) is 0. The predicted molar refractivity (Wildman–Crippen MR) is 52.8 cm³/mol. The van der Waals surface area contributed by atoms with Crippen molar-refractivity contribution in [2.24, 2.45) is 0 Å². The van der Waals surface area contributed by atoms with Gasteiger partial charge in [0, 0.05) is 0 Å². The summed E-state index contributed by atoms with van der Waals surface area (Å²) in [4.78, 5) is 24.5. The number of rotatable bonds is 0. The molecule has 0 saturated heterocycles. The molecule has 0 spiro atoms. The Balaban J connectivity index is -0.00000000148. The maximum absolute atomic E-state index is 8.24. The van der Waals surface area contributed by atoms with E-state index in [-0.39, 0.29) is 118 Å². The van der Waals surface area contributed by atoms with Gasteiger partial charge in [-0.05, 0) is 0 Å². The molecular weight excluding hydrogens is 236 g/mol. The topological polar surface area (TPSA) is 133 Å². The monoisotopic (exact) mass is 254 g/mol. The molecule has 0 aromatic heterocycles. The molecule has 0 atom stereocenters. The molecular formula is C5H18Ca2O6+4. The van der Waals surface area contributed by atoms with Crippen LogP contribution in [-0.2, 0) is 14.4 Å². The van der Waals surface area contributed by atoms with Crippen LogP contribution in [0.15, 0.2) is 0 Å². The average molecular weight is 254 g/mol. The van der Waals surface area contributed by atoms with Gasteiger partial charge in [0.15, 0.2) is 0 Å². The zero-order valence-electron chi connectivity index (χ0n) is 7.03. The molecule has 0 bridgehead atoms. The predicted octanol–water partition coefficient (Wildman–Crippen LogP) is -0.602. The van der Waals surface area contributed by atoms with Gasteiger partial charge in [0.1, 0.15) is 0 Å². The second kappa shape index (κ2) is 185. The molecule has 8 heteroatoms. The third kappa shape index (κ3) is 1020. The largest absolute Gasteiger partial charge is 2.00 e. The Morgan fingerprint density at radius 2 is 1.08 bits per heavy atom. The van der Waals surface area contributed by atoms with Gasteiger partial charge in [0.25, 0.3) is 0 Å². The summed E-state index contributed by atoms with van der Waals surface area (Å²) in [5.41, 5.74) is 0. The van der Waals surface area contributed by atoms with Gasteiger partial charge in [0.05, 0.1) is 0 Å². The van der Waals surface area contributed by atoms with Crippen molar-refractivity contribution in [1.82, 2.24) is 0 Å². The normalized spacial score (nSPS) is 1.54. The van der Waals surface area contributed by atoms with Crippen LogP contribution in [0.4, 0.5) is 0 Å². The standard InChI is InChI=1S/CHO2.CO2.3CH4.2Ca.2H2O/c2*2-1-3;;;;;;;/h(H,2,3);;3*1H4;;;2*1H2/q-1;;;;;2*+2;;/p+1. The molecule has 0 heterocycles. The van der Waals surface area contributed by atoms with Crippen LogP contribution in [-0.4, -0.2) is 104 Å². The van der Waals surface area contributed by atoms with Gasteiger partial charge >= 0.3 is 84.5 Å². The van der Waals surface area contributed by atoms with Crippen LogP contribution in [0, 0.1) is 0 Å². The van der Waals surface area contributed by atoms with E-state index in [1.807, 2.05) is 0 Å². The van der Waals surface area contributed by atoms with E-state index in [4.69, 9.17) is 19.5 Å². The van der Waals surface area contributed by atoms with Crippen molar-refractivity contribution >= 4 is 88.1 Å². The molecule has 0 rings (SSSR count). The molecule has 0 unspecified atom stereocenters.